The fourth-order valence-electron chi connectivity index (χ4n) is 5.24. The summed E-state index contributed by atoms with van der Waals surface area (Å²) in [5, 5.41) is 21.4. The Morgan fingerprint density at radius 1 is 1.08 bits per heavy atom. The van der Waals surface area contributed by atoms with E-state index in [-0.39, 0.29) is 17.3 Å². The highest BCUT2D eigenvalue weighted by Gasteiger charge is 2.64. The Morgan fingerprint density at radius 3 is 2.12 bits per heavy atom. The van der Waals surface area contributed by atoms with E-state index in [4.69, 9.17) is 9.47 Å². The molecule has 4 aliphatic carbocycles. The third-order valence-corrected chi connectivity index (χ3v) is 6.27. The van der Waals surface area contributed by atoms with Crippen LogP contribution in [0, 0.1) is 17.3 Å². The van der Waals surface area contributed by atoms with E-state index in [1.807, 2.05) is 20.8 Å². The van der Waals surface area contributed by atoms with Crippen molar-refractivity contribution in [1.82, 2.24) is 0 Å². The van der Waals surface area contributed by atoms with Crippen molar-refractivity contribution in [1.29, 1.82) is 0 Å². The van der Waals surface area contributed by atoms with Crippen LogP contribution in [0.1, 0.15) is 66.2 Å². The molecule has 0 spiro atoms. The molecule has 4 rings (SSSR count). The molecule has 4 bridgehead atoms. The van der Waals surface area contributed by atoms with Crippen molar-refractivity contribution >= 4 is 11.9 Å². The zero-order chi connectivity index (χ0) is 18.7. The molecule has 0 aromatic heterocycles. The quantitative estimate of drug-likeness (QED) is 0.750. The minimum absolute atomic E-state index is 0.169. The summed E-state index contributed by atoms with van der Waals surface area (Å²) in [6, 6.07) is 0. The largest absolute Gasteiger partial charge is 0.456 e. The minimum Gasteiger partial charge on any atom is -0.456 e. The summed E-state index contributed by atoms with van der Waals surface area (Å²) in [5.74, 6) is -1.19. The first-order valence-electron chi connectivity index (χ1n) is 9.17. The van der Waals surface area contributed by atoms with Gasteiger partial charge in [-0.15, -0.1) is 0 Å². The van der Waals surface area contributed by atoms with Gasteiger partial charge in [-0.1, -0.05) is 27.7 Å². The lowest BCUT2D eigenvalue weighted by molar-refractivity contribution is -0.262. The number of ether oxygens (including phenoxy) is 2. The highest BCUT2D eigenvalue weighted by Crippen LogP contribution is 2.60. The first kappa shape index (κ1) is 18.6. The second-order valence-electron chi connectivity index (χ2n) is 9.81. The van der Waals surface area contributed by atoms with Crippen LogP contribution in [0.25, 0.3) is 0 Å². The number of carbonyl (C=O) groups is 2. The van der Waals surface area contributed by atoms with Crippen molar-refractivity contribution < 1.29 is 29.3 Å². The molecule has 6 heteroatoms. The Hall–Kier alpha value is -1.14. The minimum atomic E-state index is -0.953. The molecule has 2 N–H and O–H groups in total. The number of esters is 2. The number of carbonyl (C=O) groups excluding carboxylic acids is 2. The molecule has 0 aromatic rings. The summed E-state index contributed by atoms with van der Waals surface area (Å²) < 4.78 is 10.8. The third-order valence-electron chi connectivity index (χ3n) is 6.27. The standard InChI is InChI=1S/C19H30O6/c1-12(16(2,3)4)15(21)24-8-14(20)25-19-7-13-5-17(22,10-19)9-18(23,6-13)11-19/h12-13,22-23H,5-11H2,1-4H3. The third kappa shape index (κ3) is 3.70. The number of aliphatic hydroxyl groups is 2. The van der Waals surface area contributed by atoms with Gasteiger partial charge < -0.3 is 19.7 Å². The predicted molar refractivity (Wildman–Crippen MR) is 89.5 cm³/mol. The van der Waals surface area contributed by atoms with Gasteiger partial charge in [0.05, 0.1) is 17.1 Å². The van der Waals surface area contributed by atoms with Gasteiger partial charge in [0.2, 0.25) is 0 Å². The lowest BCUT2D eigenvalue weighted by Crippen LogP contribution is -2.67. The zero-order valence-electron chi connectivity index (χ0n) is 15.6. The van der Waals surface area contributed by atoms with Crippen LogP contribution < -0.4 is 0 Å². The van der Waals surface area contributed by atoms with Gasteiger partial charge in [-0.2, -0.15) is 0 Å². The summed E-state index contributed by atoms with van der Waals surface area (Å²) in [4.78, 5) is 24.3. The van der Waals surface area contributed by atoms with E-state index in [1.54, 1.807) is 6.92 Å². The van der Waals surface area contributed by atoms with Crippen LogP contribution in [0.3, 0.4) is 0 Å². The van der Waals surface area contributed by atoms with Crippen LogP contribution in [0.2, 0.25) is 0 Å². The van der Waals surface area contributed by atoms with Gasteiger partial charge >= 0.3 is 11.9 Å². The second-order valence-corrected chi connectivity index (χ2v) is 9.81. The topological polar surface area (TPSA) is 93.1 Å². The van der Waals surface area contributed by atoms with Gasteiger partial charge in [-0.25, -0.2) is 4.79 Å². The van der Waals surface area contributed by atoms with Gasteiger partial charge in [0, 0.05) is 19.3 Å². The average Bonchev–Trinajstić information content (AvgIpc) is 2.38. The molecule has 3 atom stereocenters. The van der Waals surface area contributed by atoms with Crippen LogP contribution in [-0.2, 0) is 19.1 Å². The fourth-order valence-corrected chi connectivity index (χ4v) is 5.24. The Balaban J connectivity index is 1.59. The van der Waals surface area contributed by atoms with E-state index in [9.17, 15) is 19.8 Å². The van der Waals surface area contributed by atoms with Crippen LogP contribution >= 0.6 is 0 Å². The molecule has 0 saturated heterocycles. The van der Waals surface area contributed by atoms with E-state index in [0.717, 1.165) is 0 Å². The molecule has 0 heterocycles. The maximum absolute atomic E-state index is 12.3. The van der Waals surface area contributed by atoms with E-state index < -0.39 is 35.3 Å². The molecule has 0 aliphatic heterocycles. The molecule has 6 nitrogen and oxygen atoms in total. The van der Waals surface area contributed by atoms with E-state index in [2.05, 4.69) is 0 Å². The van der Waals surface area contributed by atoms with Gasteiger partial charge in [0.15, 0.2) is 6.61 Å². The molecule has 4 aliphatic rings. The summed E-state index contributed by atoms with van der Waals surface area (Å²) in [7, 11) is 0. The molecule has 3 unspecified atom stereocenters. The summed E-state index contributed by atoms with van der Waals surface area (Å²) >= 11 is 0. The molecule has 4 fully saturated rings. The maximum Gasteiger partial charge on any atom is 0.344 e. The lowest BCUT2D eigenvalue weighted by Gasteiger charge is -2.62. The van der Waals surface area contributed by atoms with E-state index >= 15 is 0 Å². The molecule has 0 amide bonds. The molecule has 0 radical (unpaired) electrons. The van der Waals surface area contributed by atoms with Crippen LogP contribution in [0.4, 0.5) is 0 Å². The fraction of sp³-hybridized carbons (Fsp3) is 0.895. The number of hydrogen-bond acceptors (Lipinski definition) is 6. The van der Waals surface area contributed by atoms with E-state index in [1.165, 1.54) is 0 Å². The second kappa shape index (κ2) is 5.68. The van der Waals surface area contributed by atoms with Crippen LogP contribution in [0.5, 0.6) is 0 Å². The first-order chi connectivity index (χ1) is 11.3. The Kier molecular flexibility index (Phi) is 4.24. The van der Waals surface area contributed by atoms with Gasteiger partial charge in [-0.05, 0) is 30.6 Å². The Labute approximate surface area is 148 Å². The Morgan fingerprint density at radius 2 is 1.64 bits per heavy atom. The highest BCUT2D eigenvalue weighted by molar-refractivity contribution is 5.78. The summed E-state index contributed by atoms with van der Waals surface area (Å²) in [6.45, 7) is 7.16. The SMILES string of the molecule is CC(C(=O)OCC(=O)OC12CC3CC(O)(CC(O)(C3)C1)C2)C(C)(C)C. The van der Waals surface area contributed by atoms with Crippen molar-refractivity contribution in [3.8, 4) is 0 Å². The first-order valence-corrected chi connectivity index (χ1v) is 9.17. The summed E-state index contributed by atoms with van der Waals surface area (Å²) in [5.41, 5.74) is -2.98. The highest BCUT2D eigenvalue weighted by atomic mass is 16.6. The molecular formula is C19H30O6. The molecule has 142 valence electrons. The van der Waals surface area contributed by atoms with Gasteiger partial charge in [-0.3, -0.25) is 4.79 Å². The van der Waals surface area contributed by atoms with Crippen molar-refractivity contribution in [2.24, 2.45) is 17.3 Å². The van der Waals surface area contributed by atoms with Gasteiger partial charge in [0.1, 0.15) is 5.60 Å². The normalized spacial score (nSPS) is 40.6. The van der Waals surface area contributed by atoms with Crippen molar-refractivity contribution in [3.05, 3.63) is 0 Å². The molecular weight excluding hydrogens is 324 g/mol. The number of hydrogen-bond donors (Lipinski definition) is 2. The van der Waals surface area contributed by atoms with Crippen molar-refractivity contribution in [2.75, 3.05) is 6.61 Å². The number of rotatable bonds is 4. The Bertz CT molecular complexity index is 559. The molecule has 0 aromatic carbocycles. The molecule has 25 heavy (non-hydrogen) atoms. The lowest BCUT2D eigenvalue weighted by atomic mass is 9.50. The van der Waals surface area contributed by atoms with Crippen molar-refractivity contribution in [3.63, 3.8) is 0 Å². The monoisotopic (exact) mass is 354 g/mol. The van der Waals surface area contributed by atoms with Crippen LogP contribution in [0.15, 0.2) is 0 Å². The smallest absolute Gasteiger partial charge is 0.344 e. The maximum atomic E-state index is 12.3. The zero-order valence-corrected chi connectivity index (χ0v) is 15.6. The van der Waals surface area contributed by atoms with Crippen LogP contribution in [-0.4, -0.2) is 45.6 Å². The van der Waals surface area contributed by atoms with Gasteiger partial charge in [0.25, 0.3) is 0 Å². The van der Waals surface area contributed by atoms with Crippen molar-refractivity contribution in [2.45, 2.75) is 83.0 Å². The summed E-state index contributed by atoms with van der Waals surface area (Å²) in [6.07, 6.45) is 3.05. The average molecular weight is 354 g/mol. The van der Waals surface area contributed by atoms with E-state index in [0.29, 0.717) is 38.5 Å². The predicted octanol–water partition coefficient (Wildman–Crippen LogP) is 1.95. The molecule has 4 saturated carbocycles.